The molecule has 0 amide bonds. The molecule has 0 spiro atoms. The molecule has 1 aliphatic heterocycles. The zero-order chi connectivity index (χ0) is 12.7. The smallest absolute Gasteiger partial charge is 0.151 e. The van der Waals surface area contributed by atoms with Crippen molar-refractivity contribution in [3.63, 3.8) is 0 Å². The van der Waals surface area contributed by atoms with Gasteiger partial charge in [-0.1, -0.05) is 18.2 Å². The van der Waals surface area contributed by atoms with Gasteiger partial charge in [0.25, 0.3) is 0 Å². The first-order chi connectivity index (χ1) is 8.65. The molecule has 1 aromatic carbocycles. The number of furan rings is 1. The minimum atomic E-state index is -0.673. The molecule has 18 heavy (non-hydrogen) atoms. The summed E-state index contributed by atoms with van der Waals surface area (Å²) in [6, 6.07) is 9.84. The van der Waals surface area contributed by atoms with Crippen molar-refractivity contribution in [2.75, 3.05) is 5.32 Å². The molecule has 0 radical (unpaired) electrons. The molecule has 92 valence electrons. The van der Waals surface area contributed by atoms with Crippen LogP contribution < -0.4 is 5.32 Å². The Bertz CT molecular complexity index is 606. The SMILES string of the molecule is Cc1cc(/C=C2/c3ccccc3NC2O)oc1C. The fraction of sp³-hybridized carbons (Fsp3) is 0.200. The third-order valence-corrected chi connectivity index (χ3v) is 3.31. The van der Waals surface area contributed by atoms with Crippen LogP contribution in [-0.4, -0.2) is 11.3 Å². The summed E-state index contributed by atoms with van der Waals surface area (Å²) in [5.41, 5.74) is 3.95. The fourth-order valence-corrected chi connectivity index (χ4v) is 2.22. The van der Waals surface area contributed by atoms with Gasteiger partial charge in [-0.2, -0.15) is 0 Å². The highest BCUT2D eigenvalue weighted by molar-refractivity contribution is 5.93. The molecule has 0 bridgehead atoms. The molecule has 2 heterocycles. The molecule has 2 N–H and O–H groups in total. The second-order valence-corrected chi connectivity index (χ2v) is 4.58. The van der Waals surface area contributed by atoms with Gasteiger partial charge in [0.15, 0.2) is 6.23 Å². The Balaban J connectivity index is 2.06. The average Bonchev–Trinajstić information content (AvgIpc) is 2.82. The van der Waals surface area contributed by atoms with Crippen LogP contribution in [0.4, 0.5) is 5.69 Å². The molecule has 1 atom stereocenters. The summed E-state index contributed by atoms with van der Waals surface area (Å²) in [5, 5.41) is 13.1. The number of anilines is 1. The second-order valence-electron chi connectivity index (χ2n) is 4.58. The van der Waals surface area contributed by atoms with Crippen molar-refractivity contribution in [1.29, 1.82) is 0 Å². The van der Waals surface area contributed by atoms with Gasteiger partial charge in [0.2, 0.25) is 0 Å². The van der Waals surface area contributed by atoms with Gasteiger partial charge in [0.05, 0.1) is 0 Å². The summed E-state index contributed by atoms with van der Waals surface area (Å²) in [6.45, 7) is 3.95. The predicted octanol–water partition coefficient (Wildman–Crippen LogP) is 3.18. The van der Waals surface area contributed by atoms with E-state index in [0.717, 1.165) is 33.9 Å². The molecule has 0 fully saturated rings. The Morgan fingerprint density at radius 2 is 2.06 bits per heavy atom. The van der Waals surface area contributed by atoms with Gasteiger partial charge < -0.3 is 14.8 Å². The van der Waals surface area contributed by atoms with Gasteiger partial charge in [-0.15, -0.1) is 0 Å². The highest BCUT2D eigenvalue weighted by Gasteiger charge is 2.24. The van der Waals surface area contributed by atoms with E-state index in [9.17, 15) is 5.11 Å². The number of aliphatic hydroxyl groups is 1. The number of fused-ring (bicyclic) bond motifs is 1. The maximum Gasteiger partial charge on any atom is 0.151 e. The Labute approximate surface area is 106 Å². The average molecular weight is 241 g/mol. The van der Waals surface area contributed by atoms with Crippen molar-refractivity contribution in [3.05, 3.63) is 53.0 Å². The van der Waals surface area contributed by atoms with Gasteiger partial charge in [-0.3, -0.25) is 0 Å². The van der Waals surface area contributed by atoms with Gasteiger partial charge in [-0.25, -0.2) is 0 Å². The standard InChI is InChI=1S/C15H15NO2/c1-9-7-11(18-10(9)2)8-13-12-5-3-4-6-14(12)16-15(13)17/h3-8,15-17H,1-2H3/b13-8-. The molecule has 3 nitrogen and oxygen atoms in total. The normalized spacial score (nSPS) is 19.9. The third-order valence-electron chi connectivity index (χ3n) is 3.31. The van der Waals surface area contributed by atoms with E-state index in [1.54, 1.807) is 0 Å². The van der Waals surface area contributed by atoms with Gasteiger partial charge in [-0.05, 0) is 37.6 Å². The van der Waals surface area contributed by atoms with Crippen molar-refractivity contribution in [2.45, 2.75) is 20.1 Å². The van der Waals surface area contributed by atoms with E-state index in [2.05, 4.69) is 5.32 Å². The van der Waals surface area contributed by atoms with Crippen molar-refractivity contribution in [2.24, 2.45) is 0 Å². The molecule has 1 aliphatic rings. The zero-order valence-electron chi connectivity index (χ0n) is 10.4. The zero-order valence-corrected chi connectivity index (χ0v) is 10.4. The molecule has 0 saturated heterocycles. The molecule has 3 rings (SSSR count). The lowest BCUT2D eigenvalue weighted by molar-refractivity contribution is 0.266. The van der Waals surface area contributed by atoms with E-state index in [1.807, 2.05) is 50.3 Å². The van der Waals surface area contributed by atoms with Crippen molar-refractivity contribution >= 4 is 17.3 Å². The molecule has 3 heteroatoms. The number of hydrogen-bond acceptors (Lipinski definition) is 3. The van der Waals surface area contributed by atoms with Crippen LogP contribution >= 0.6 is 0 Å². The van der Waals surface area contributed by atoms with Crippen LogP contribution in [0.5, 0.6) is 0 Å². The highest BCUT2D eigenvalue weighted by atomic mass is 16.3. The van der Waals surface area contributed by atoms with Crippen molar-refractivity contribution in [1.82, 2.24) is 0 Å². The first-order valence-corrected chi connectivity index (χ1v) is 5.98. The molecule has 0 saturated carbocycles. The van der Waals surface area contributed by atoms with Crippen LogP contribution in [0.25, 0.3) is 11.6 Å². The summed E-state index contributed by atoms with van der Waals surface area (Å²) < 4.78 is 5.62. The van der Waals surface area contributed by atoms with Gasteiger partial charge in [0.1, 0.15) is 11.5 Å². The minimum absolute atomic E-state index is 0.673. The maximum atomic E-state index is 10.0. The van der Waals surface area contributed by atoms with Crippen LogP contribution in [0.3, 0.4) is 0 Å². The van der Waals surface area contributed by atoms with Gasteiger partial charge in [0, 0.05) is 16.8 Å². The lowest BCUT2D eigenvalue weighted by Crippen LogP contribution is -2.12. The third kappa shape index (κ3) is 1.73. The molecule has 1 aromatic heterocycles. The highest BCUT2D eigenvalue weighted by Crippen LogP contribution is 2.35. The van der Waals surface area contributed by atoms with Crippen LogP contribution in [0, 0.1) is 13.8 Å². The molecule has 1 unspecified atom stereocenters. The number of aryl methyl sites for hydroxylation is 2. The summed E-state index contributed by atoms with van der Waals surface area (Å²) in [7, 11) is 0. The Hall–Kier alpha value is -2.00. The lowest BCUT2D eigenvalue weighted by Gasteiger charge is -2.04. The van der Waals surface area contributed by atoms with Crippen LogP contribution in [0.1, 0.15) is 22.6 Å². The Morgan fingerprint density at radius 3 is 2.78 bits per heavy atom. The van der Waals surface area contributed by atoms with E-state index in [0.29, 0.717) is 0 Å². The molecular formula is C15H15NO2. The van der Waals surface area contributed by atoms with E-state index >= 15 is 0 Å². The second kappa shape index (κ2) is 4.03. The monoisotopic (exact) mass is 241 g/mol. The largest absolute Gasteiger partial charge is 0.462 e. The van der Waals surface area contributed by atoms with Crippen LogP contribution in [-0.2, 0) is 0 Å². The summed E-state index contributed by atoms with van der Waals surface area (Å²) in [6.07, 6.45) is 1.22. The maximum absolute atomic E-state index is 10.0. The summed E-state index contributed by atoms with van der Waals surface area (Å²) >= 11 is 0. The van der Waals surface area contributed by atoms with Crippen LogP contribution in [0.2, 0.25) is 0 Å². The minimum Gasteiger partial charge on any atom is -0.462 e. The Morgan fingerprint density at radius 1 is 1.28 bits per heavy atom. The van der Waals surface area contributed by atoms with Crippen LogP contribution in [0.15, 0.2) is 34.7 Å². The number of nitrogens with one attached hydrogen (secondary N) is 1. The molecule has 2 aromatic rings. The quantitative estimate of drug-likeness (QED) is 0.806. The number of para-hydroxylation sites is 1. The summed E-state index contributed by atoms with van der Waals surface area (Å²) in [5.74, 6) is 1.69. The first-order valence-electron chi connectivity index (χ1n) is 5.98. The van der Waals surface area contributed by atoms with Gasteiger partial charge >= 0.3 is 0 Å². The number of rotatable bonds is 1. The first kappa shape index (κ1) is 11.1. The van der Waals surface area contributed by atoms with E-state index in [1.165, 1.54) is 0 Å². The van der Waals surface area contributed by atoms with E-state index in [-0.39, 0.29) is 0 Å². The molecular weight excluding hydrogens is 226 g/mol. The number of benzene rings is 1. The molecule has 0 aliphatic carbocycles. The Kier molecular flexibility index (Phi) is 2.49. The van der Waals surface area contributed by atoms with E-state index in [4.69, 9.17) is 4.42 Å². The number of aliphatic hydroxyl groups excluding tert-OH is 1. The van der Waals surface area contributed by atoms with Crippen molar-refractivity contribution < 1.29 is 9.52 Å². The summed E-state index contributed by atoms with van der Waals surface area (Å²) in [4.78, 5) is 0. The fourth-order valence-electron chi connectivity index (χ4n) is 2.22. The topological polar surface area (TPSA) is 45.4 Å². The van der Waals surface area contributed by atoms with Crippen molar-refractivity contribution in [3.8, 4) is 0 Å². The van der Waals surface area contributed by atoms with E-state index < -0.39 is 6.23 Å². The number of hydrogen-bond donors (Lipinski definition) is 2. The lowest BCUT2D eigenvalue weighted by atomic mass is 10.1. The predicted molar refractivity (Wildman–Crippen MR) is 72.1 cm³/mol.